The number of fused-ring (bicyclic) bond motifs is 1. The number of nitrogens with one attached hydrogen (secondary N) is 1. The molecule has 148 valence electrons. The average molecular weight is 401 g/mol. The lowest BCUT2D eigenvalue weighted by Crippen LogP contribution is -2.14. The molecule has 0 atom stereocenters. The van der Waals surface area contributed by atoms with Crippen LogP contribution in [0, 0.1) is 0 Å². The van der Waals surface area contributed by atoms with E-state index in [2.05, 4.69) is 20.8 Å². The lowest BCUT2D eigenvalue weighted by Gasteiger charge is -2.07. The second kappa shape index (κ2) is 7.38. The molecule has 4 rings (SSSR count). The van der Waals surface area contributed by atoms with Crippen molar-refractivity contribution in [1.82, 2.24) is 15.0 Å². The summed E-state index contributed by atoms with van der Waals surface area (Å²) in [7, 11) is 0. The molecule has 0 bridgehead atoms. The van der Waals surface area contributed by atoms with Gasteiger partial charge in [0.15, 0.2) is 12.3 Å². The third-order valence-electron chi connectivity index (χ3n) is 4.23. The largest absolute Gasteiger partial charge is 0.416 e. The van der Waals surface area contributed by atoms with Gasteiger partial charge in [-0.05, 0) is 23.8 Å². The van der Waals surface area contributed by atoms with Crippen LogP contribution in [0.2, 0.25) is 0 Å². The molecular weight excluding hydrogens is 387 g/mol. The Morgan fingerprint density at radius 3 is 2.62 bits per heavy atom. The van der Waals surface area contributed by atoms with Crippen LogP contribution in [-0.2, 0) is 29.0 Å². The van der Waals surface area contributed by atoms with Crippen molar-refractivity contribution in [3.05, 3.63) is 77.1 Å². The first-order valence-corrected chi connectivity index (χ1v) is 8.56. The molecule has 1 N–H and O–H groups in total. The highest BCUT2D eigenvalue weighted by Gasteiger charge is 2.30. The lowest BCUT2D eigenvalue weighted by molar-refractivity contribution is -0.137. The van der Waals surface area contributed by atoms with Crippen LogP contribution in [0.4, 0.5) is 18.9 Å². The molecule has 7 nitrogen and oxygen atoms in total. The van der Waals surface area contributed by atoms with E-state index in [1.165, 1.54) is 16.8 Å². The third-order valence-corrected chi connectivity index (χ3v) is 4.23. The van der Waals surface area contributed by atoms with E-state index < -0.39 is 11.7 Å². The van der Waals surface area contributed by atoms with Crippen molar-refractivity contribution in [2.24, 2.45) is 5.16 Å². The quantitative estimate of drug-likeness (QED) is 0.666. The van der Waals surface area contributed by atoms with Gasteiger partial charge in [0.05, 0.1) is 24.0 Å². The zero-order valence-corrected chi connectivity index (χ0v) is 14.8. The van der Waals surface area contributed by atoms with E-state index in [0.29, 0.717) is 22.5 Å². The van der Waals surface area contributed by atoms with Gasteiger partial charge in [-0.3, -0.25) is 4.79 Å². The van der Waals surface area contributed by atoms with E-state index in [4.69, 9.17) is 4.84 Å². The molecule has 0 unspecified atom stereocenters. The number of para-hydroxylation sites is 1. The van der Waals surface area contributed by atoms with Gasteiger partial charge in [0.1, 0.15) is 5.69 Å². The van der Waals surface area contributed by atoms with Crippen LogP contribution < -0.4 is 5.32 Å². The van der Waals surface area contributed by atoms with Gasteiger partial charge < -0.3 is 10.2 Å². The van der Waals surface area contributed by atoms with Crippen molar-refractivity contribution in [3.63, 3.8) is 0 Å². The molecule has 1 aliphatic heterocycles. The van der Waals surface area contributed by atoms with E-state index in [1.807, 2.05) is 0 Å². The van der Waals surface area contributed by atoms with Gasteiger partial charge in [-0.15, -0.1) is 5.10 Å². The van der Waals surface area contributed by atoms with Crippen LogP contribution >= 0.6 is 0 Å². The summed E-state index contributed by atoms with van der Waals surface area (Å²) < 4.78 is 39.3. The Labute approximate surface area is 162 Å². The number of oxime groups is 1. The molecular formula is C19H14F3N5O2. The van der Waals surface area contributed by atoms with Crippen LogP contribution in [-0.4, -0.2) is 26.6 Å². The zero-order chi connectivity index (χ0) is 20.4. The monoisotopic (exact) mass is 401 g/mol. The number of carbonyl (C=O) groups excluding carboxylic acids is 1. The molecule has 2 aromatic carbocycles. The highest BCUT2D eigenvalue weighted by Crippen LogP contribution is 2.29. The molecule has 0 aliphatic carbocycles. The van der Waals surface area contributed by atoms with E-state index in [-0.39, 0.29) is 24.8 Å². The normalized spacial score (nSPS) is 14.7. The molecule has 1 aromatic heterocycles. The SMILES string of the molecule is O=C1Nc2ccccc2/C1=N\OCc1cn(Cc2ccc(C(F)(F)F)cc2)nn1. The maximum Gasteiger partial charge on any atom is 0.416 e. The van der Waals surface area contributed by atoms with Crippen molar-refractivity contribution in [3.8, 4) is 0 Å². The molecule has 3 aromatic rings. The van der Waals surface area contributed by atoms with Gasteiger partial charge in [-0.1, -0.05) is 40.7 Å². The second-order valence-electron chi connectivity index (χ2n) is 6.32. The van der Waals surface area contributed by atoms with E-state index >= 15 is 0 Å². The number of carbonyl (C=O) groups is 1. The molecule has 0 saturated heterocycles. The van der Waals surface area contributed by atoms with Crippen LogP contribution in [0.15, 0.2) is 59.9 Å². The summed E-state index contributed by atoms with van der Waals surface area (Å²) in [5.74, 6) is -0.350. The number of anilines is 1. The summed E-state index contributed by atoms with van der Waals surface area (Å²) in [6.45, 7) is 0.251. The minimum atomic E-state index is -4.37. The Balaban J connectivity index is 1.37. The number of rotatable bonds is 5. The number of halogens is 3. The zero-order valence-electron chi connectivity index (χ0n) is 14.8. The molecule has 29 heavy (non-hydrogen) atoms. The van der Waals surface area contributed by atoms with Crippen LogP contribution in [0.1, 0.15) is 22.4 Å². The summed E-state index contributed by atoms with van der Waals surface area (Å²) in [6.07, 6.45) is -2.77. The fourth-order valence-corrected chi connectivity index (χ4v) is 2.82. The van der Waals surface area contributed by atoms with Crippen LogP contribution in [0.25, 0.3) is 0 Å². The number of nitrogens with zero attached hydrogens (tertiary/aromatic N) is 4. The summed E-state index contributed by atoms with van der Waals surface area (Å²) in [4.78, 5) is 17.2. The molecule has 0 radical (unpaired) electrons. The Morgan fingerprint density at radius 1 is 1.10 bits per heavy atom. The minimum Gasteiger partial charge on any atom is -0.388 e. The Bertz CT molecular complexity index is 1070. The topological polar surface area (TPSA) is 81.4 Å². The number of hydrogen-bond donors (Lipinski definition) is 1. The van der Waals surface area contributed by atoms with Crippen molar-refractivity contribution in [2.45, 2.75) is 19.3 Å². The van der Waals surface area contributed by atoms with Crippen LogP contribution in [0.3, 0.4) is 0 Å². The van der Waals surface area contributed by atoms with E-state index in [0.717, 1.165) is 12.1 Å². The predicted molar refractivity (Wildman–Crippen MR) is 97.0 cm³/mol. The number of hydrogen-bond acceptors (Lipinski definition) is 5. The lowest BCUT2D eigenvalue weighted by atomic mass is 10.1. The molecule has 0 fully saturated rings. The van der Waals surface area contributed by atoms with Gasteiger partial charge in [-0.25, -0.2) is 4.68 Å². The maximum atomic E-state index is 12.6. The standard InChI is InChI=1S/C19H14F3N5O2/c20-19(21,22)13-7-5-12(6-8-13)9-27-10-14(24-26-27)11-29-25-17-15-3-1-2-4-16(15)23-18(17)28/h1-8,10H,9,11H2,(H,23,25,28). The van der Waals surface area contributed by atoms with Crippen molar-refractivity contribution < 1.29 is 22.8 Å². The van der Waals surface area contributed by atoms with Gasteiger partial charge in [-0.2, -0.15) is 13.2 Å². The minimum absolute atomic E-state index is 0.00798. The first kappa shape index (κ1) is 18.7. The number of amides is 1. The first-order chi connectivity index (χ1) is 13.9. The predicted octanol–water partition coefficient (Wildman–Crippen LogP) is 3.22. The van der Waals surface area contributed by atoms with E-state index in [1.54, 1.807) is 30.5 Å². The fourth-order valence-electron chi connectivity index (χ4n) is 2.82. The first-order valence-electron chi connectivity index (χ1n) is 8.56. The molecule has 10 heteroatoms. The fraction of sp³-hybridized carbons (Fsp3) is 0.158. The summed E-state index contributed by atoms with van der Waals surface area (Å²) in [6, 6.07) is 12.0. The Kier molecular flexibility index (Phi) is 4.75. The Hall–Kier alpha value is -3.69. The highest BCUT2D eigenvalue weighted by molar-refractivity contribution is 6.53. The molecule has 0 spiro atoms. The van der Waals surface area contributed by atoms with Gasteiger partial charge in [0.25, 0.3) is 5.91 Å². The van der Waals surface area contributed by atoms with Crippen molar-refractivity contribution >= 4 is 17.3 Å². The molecule has 1 aliphatic rings. The van der Waals surface area contributed by atoms with Gasteiger partial charge in [0, 0.05) is 5.56 Å². The highest BCUT2D eigenvalue weighted by atomic mass is 19.4. The van der Waals surface area contributed by atoms with Gasteiger partial charge in [0.2, 0.25) is 0 Å². The maximum absolute atomic E-state index is 12.6. The van der Waals surface area contributed by atoms with Gasteiger partial charge >= 0.3 is 6.18 Å². The smallest absolute Gasteiger partial charge is 0.388 e. The summed E-state index contributed by atoms with van der Waals surface area (Å²) >= 11 is 0. The number of alkyl halides is 3. The summed E-state index contributed by atoms with van der Waals surface area (Å²) in [5, 5.41) is 14.4. The number of benzene rings is 2. The van der Waals surface area contributed by atoms with E-state index in [9.17, 15) is 18.0 Å². The third kappa shape index (κ3) is 4.10. The van der Waals surface area contributed by atoms with Crippen LogP contribution in [0.5, 0.6) is 0 Å². The number of aromatic nitrogens is 3. The molecule has 0 saturated carbocycles. The summed E-state index contributed by atoms with van der Waals surface area (Å²) in [5.41, 5.74) is 1.91. The van der Waals surface area contributed by atoms with Crippen molar-refractivity contribution in [1.29, 1.82) is 0 Å². The molecule has 2 heterocycles. The average Bonchev–Trinajstić information content (AvgIpc) is 3.25. The second-order valence-corrected chi connectivity index (χ2v) is 6.32. The van der Waals surface area contributed by atoms with Crippen molar-refractivity contribution in [2.75, 3.05) is 5.32 Å². The molecule has 1 amide bonds. The Morgan fingerprint density at radius 2 is 1.86 bits per heavy atom.